The number of rotatable bonds is 4. The molecule has 2 N–H and O–H groups in total. The molecule has 1 aromatic carbocycles. The van der Waals surface area contributed by atoms with Crippen LogP contribution in [0, 0.1) is 0 Å². The highest BCUT2D eigenvalue weighted by Gasteiger charge is 2.17. The number of carbonyl (C=O) groups excluding carboxylic acids is 2. The summed E-state index contributed by atoms with van der Waals surface area (Å²) in [6.45, 7) is 5.63. The molecule has 1 aromatic heterocycles. The lowest BCUT2D eigenvalue weighted by atomic mass is 10.1. The quantitative estimate of drug-likeness (QED) is 0.873. The molecular weight excluding hydrogens is 342 g/mol. The molecule has 0 spiro atoms. The molecular formula is C18H20ClN3O3. The van der Waals surface area contributed by atoms with Gasteiger partial charge in [0.1, 0.15) is 5.75 Å². The predicted octanol–water partition coefficient (Wildman–Crippen LogP) is 3.52. The number of hydrogen-bond donors (Lipinski definition) is 2. The number of aromatic nitrogens is 1. The molecule has 6 nitrogen and oxygen atoms in total. The summed E-state index contributed by atoms with van der Waals surface area (Å²) < 4.78 is 5.07. The van der Waals surface area contributed by atoms with Crippen LogP contribution in [0.5, 0.6) is 5.75 Å². The zero-order valence-electron chi connectivity index (χ0n) is 14.5. The number of benzene rings is 1. The fourth-order valence-electron chi connectivity index (χ4n) is 2.05. The smallest absolute Gasteiger partial charge is 0.257 e. The highest BCUT2D eigenvalue weighted by Crippen LogP contribution is 2.27. The van der Waals surface area contributed by atoms with Gasteiger partial charge in [-0.15, -0.1) is 0 Å². The SMILES string of the molecule is COc1ccc(NC(=O)c2cncc(C(=O)NC(C)(C)C)c2)cc1Cl. The molecule has 0 atom stereocenters. The Balaban J connectivity index is 2.16. The molecule has 2 rings (SSSR count). The van der Waals surface area contributed by atoms with Gasteiger partial charge in [0.25, 0.3) is 11.8 Å². The molecule has 0 radical (unpaired) electrons. The summed E-state index contributed by atoms with van der Waals surface area (Å²) in [6, 6.07) is 6.41. The van der Waals surface area contributed by atoms with E-state index in [-0.39, 0.29) is 22.9 Å². The Bertz CT molecular complexity index is 800. The number of anilines is 1. The van der Waals surface area contributed by atoms with Gasteiger partial charge in [0, 0.05) is 23.6 Å². The van der Waals surface area contributed by atoms with Crippen molar-refractivity contribution in [3.05, 3.63) is 52.8 Å². The number of carbonyl (C=O) groups is 2. The summed E-state index contributed by atoms with van der Waals surface area (Å²) in [6.07, 6.45) is 2.82. The lowest BCUT2D eigenvalue weighted by Crippen LogP contribution is -2.40. The summed E-state index contributed by atoms with van der Waals surface area (Å²) in [5.41, 5.74) is 0.721. The molecule has 0 aliphatic heterocycles. The maximum absolute atomic E-state index is 12.4. The van der Waals surface area contributed by atoms with E-state index < -0.39 is 0 Å². The number of ether oxygens (including phenoxy) is 1. The first-order valence-corrected chi connectivity index (χ1v) is 8.00. The summed E-state index contributed by atoms with van der Waals surface area (Å²) in [7, 11) is 1.51. The molecule has 0 bridgehead atoms. The minimum atomic E-state index is -0.390. The number of nitrogens with one attached hydrogen (secondary N) is 2. The van der Waals surface area contributed by atoms with Crippen LogP contribution >= 0.6 is 11.6 Å². The molecule has 0 unspecified atom stereocenters. The number of halogens is 1. The fraction of sp³-hybridized carbons (Fsp3) is 0.278. The van der Waals surface area contributed by atoms with Crippen LogP contribution in [0.25, 0.3) is 0 Å². The molecule has 7 heteroatoms. The van der Waals surface area contributed by atoms with Crippen molar-refractivity contribution in [2.75, 3.05) is 12.4 Å². The number of nitrogens with zero attached hydrogens (tertiary/aromatic N) is 1. The second-order valence-electron chi connectivity index (χ2n) is 6.47. The van der Waals surface area contributed by atoms with E-state index >= 15 is 0 Å². The van der Waals surface area contributed by atoms with E-state index in [1.54, 1.807) is 18.2 Å². The molecule has 0 fully saturated rings. The van der Waals surface area contributed by atoms with Crippen molar-refractivity contribution in [2.45, 2.75) is 26.3 Å². The maximum atomic E-state index is 12.4. The van der Waals surface area contributed by atoms with Crippen molar-refractivity contribution in [1.29, 1.82) is 0 Å². The molecule has 0 saturated carbocycles. The maximum Gasteiger partial charge on any atom is 0.257 e. The Morgan fingerprint density at radius 2 is 1.72 bits per heavy atom. The van der Waals surface area contributed by atoms with Gasteiger partial charge in [-0.2, -0.15) is 0 Å². The summed E-state index contributed by atoms with van der Waals surface area (Å²) in [5.74, 6) is -0.163. The molecule has 25 heavy (non-hydrogen) atoms. The van der Waals surface area contributed by atoms with Gasteiger partial charge in [-0.05, 0) is 45.0 Å². The van der Waals surface area contributed by atoms with Gasteiger partial charge in [-0.25, -0.2) is 0 Å². The molecule has 1 heterocycles. The van der Waals surface area contributed by atoms with E-state index in [0.717, 1.165) is 0 Å². The molecule has 0 saturated heterocycles. The van der Waals surface area contributed by atoms with Crippen LogP contribution in [-0.2, 0) is 0 Å². The third-order valence-corrected chi connectivity index (χ3v) is 3.46. The monoisotopic (exact) mass is 361 g/mol. The first-order chi connectivity index (χ1) is 11.7. The van der Waals surface area contributed by atoms with Crippen molar-refractivity contribution in [2.24, 2.45) is 0 Å². The van der Waals surface area contributed by atoms with Crippen LogP contribution in [0.1, 0.15) is 41.5 Å². The zero-order valence-corrected chi connectivity index (χ0v) is 15.3. The highest BCUT2D eigenvalue weighted by molar-refractivity contribution is 6.32. The Morgan fingerprint density at radius 3 is 2.28 bits per heavy atom. The topological polar surface area (TPSA) is 80.3 Å². The van der Waals surface area contributed by atoms with Crippen LogP contribution in [-0.4, -0.2) is 29.4 Å². The molecule has 0 aliphatic carbocycles. The Morgan fingerprint density at radius 1 is 1.08 bits per heavy atom. The first-order valence-electron chi connectivity index (χ1n) is 7.62. The van der Waals surface area contributed by atoms with E-state index in [9.17, 15) is 9.59 Å². The molecule has 0 aliphatic rings. The van der Waals surface area contributed by atoms with Gasteiger partial charge in [-0.3, -0.25) is 14.6 Å². The predicted molar refractivity (Wildman–Crippen MR) is 97.4 cm³/mol. The second kappa shape index (κ2) is 7.53. The van der Waals surface area contributed by atoms with Gasteiger partial charge >= 0.3 is 0 Å². The van der Waals surface area contributed by atoms with Crippen molar-refractivity contribution in [3.8, 4) is 5.75 Å². The molecule has 2 aromatic rings. The largest absolute Gasteiger partial charge is 0.495 e. The lowest BCUT2D eigenvalue weighted by molar-refractivity contribution is 0.0919. The van der Waals surface area contributed by atoms with Crippen molar-refractivity contribution in [1.82, 2.24) is 10.3 Å². The number of amides is 2. The van der Waals surface area contributed by atoms with E-state index in [4.69, 9.17) is 16.3 Å². The normalized spacial score (nSPS) is 10.9. The molecule has 2 amide bonds. The first kappa shape index (κ1) is 18.7. The van der Waals surface area contributed by atoms with Crippen molar-refractivity contribution >= 4 is 29.1 Å². The molecule has 132 valence electrons. The van der Waals surface area contributed by atoms with Crippen LogP contribution in [0.2, 0.25) is 5.02 Å². The van der Waals surface area contributed by atoms with Gasteiger partial charge in [0.05, 0.1) is 23.3 Å². The van der Waals surface area contributed by atoms with Gasteiger partial charge in [0.2, 0.25) is 0 Å². The van der Waals surface area contributed by atoms with E-state index in [1.807, 2.05) is 20.8 Å². The standard InChI is InChI=1S/C18H20ClN3O3/c1-18(2,3)22-17(24)12-7-11(9-20-10-12)16(23)21-13-5-6-15(25-4)14(19)8-13/h5-10H,1-4H3,(H,21,23)(H,22,24). The van der Waals surface area contributed by atoms with Gasteiger partial charge < -0.3 is 15.4 Å². The highest BCUT2D eigenvalue weighted by atomic mass is 35.5. The number of methoxy groups -OCH3 is 1. The van der Waals surface area contributed by atoms with Crippen LogP contribution in [0.3, 0.4) is 0 Å². The van der Waals surface area contributed by atoms with Crippen LogP contribution < -0.4 is 15.4 Å². The van der Waals surface area contributed by atoms with E-state index in [1.165, 1.54) is 25.6 Å². The Labute approximate surface area is 151 Å². The average molecular weight is 362 g/mol. The third kappa shape index (κ3) is 5.19. The third-order valence-electron chi connectivity index (χ3n) is 3.16. The van der Waals surface area contributed by atoms with Crippen LogP contribution in [0.15, 0.2) is 36.7 Å². The minimum absolute atomic E-state index is 0.272. The Kier molecular flexibility index (Phi) is 5.64. The van der Waals surface area contributed by atoms with E-state index in [2.05, 4.69) is 15.6 Å². The summed E-state index contributed by atoms with van der Waals surface area (Å²) in [4.78, 5) is 28.6. The van der Waals surface area contributed by atoms with Crippen LogP contribution in [0.4, 0.5) is 5.69 Å². The van der Waals surface area contributed by atoms with Crippen molar-refractivity contribution in [3.63, 3.8) is 0 Å². The second-order valence-corrected chi connectivity index (χ2v) is 6.88. The number of hydrogen-bond acceptors (Lipinski definition) is 4. The summed E-state index contributed by atoms with van der Waals surface area (Å²) in [5, 5.41) is 5.93. The lowest BCUT2D eigenvalue weighted by Gasteiger charge is -2.20. The van der Waals surface area contributed by atoms with E-state index in [0.29, 0.717) is 22.0 Å². The van der Waals surface area contributed by atoms with Gasteiger partial charge in [-0.1, -0.05) is 11.6 Å². The summed E-state index contributed by atoms with van der Waals surface area (Å²) >= 11 is 6.05. The Hall–Kier alpha value is -2.60. The fourth-order valence-corrected chi connectivity index (χ4v) is 2.31. The van der Waals surface area contributed by atoms with Gasteiger partial charge in [0.15, 0.2) is 0 Å². The minimum Gasteiger partial charge on any atom is -0.495 e. The zero-order chi connectivity index (χ0) is 18.6. The number of pyridine rings is 1. The van der Waals surface area contributed by atoms with Crippen molar-refractivity contribution < 1.29 is 14.3 Å². The average Bonchev–Trinajstić information content (AvgIpc) is 2.53.